The number of amides is 1. The largest absolute Gasteiger partial charge is 0.477 e. The number of benzene rings is 1. The SMILES string of the molecule is CC(C)CN(CC(C)C)C(=O)COc1ccc(S(=O)(=O)N2CCOCC2)cc1[N+](=O)[O-]. The second-order valence-corrected chi connectivity index (χ2v) is 10.2. The lowest BCUT2D eigenvalue weighted by molar-refractivity contribution is -0.386. The van der Waals surface area contributed by atoms with Crippen LogP contribution in [0.5, 0.6) is 5.75 Å². The van der Waals surface area contributed by atoms with Gasteiger partial charge in [0.1, 0.15) is 0 Å². The minimum atomic E-state index is -3.89. The summed E-state index contributed by atoms with van der Waals surface area (Å²) in [5.41, 5.74) is -0.499. The molecule has 1 aliphatic rings. The number of rotatable bonds is 10. The van der Waals surface area contributed by atoms with E-state index in [0.29, 0.717) is 13.1 Å². The highest BCUT2D eigenvalue weighted by atomic mass is 32.2. The highest BCUT2D eigenvalue weighted by molar-refractivity contribution is 7.89. The van der Waals surface area contributed by atoms with Crippen LogP contribution in [0.25, 0.3) is 0 Å². The number of nitro benzene ring substituents is 1. The van der Waals surface area contributed by atoms with Crippen LogP contribution in [-0.4, -0.2) is 74.5 Å². The van der Waals surface area contributed by atoms with Gasteiger partial charge in [0, 0.05) is 32.2 Å². The van der Waals surface area contributed by atoms with Gasteiger partial charge < -0.3 is 14.4 Å². The van der Waals surface area contributed by atoms with Crippen molar-refractivity contribution in [3.63, 3.8) is 0 Å². The number of ether oxygens (including phenoxy) is 2. The van der Waals surface area contributed by atoms with Crippen LogP contribution in [0.4, 0.5) is 5.69 Å². The molecule has 1 aliphatic heterocycles. The lowest BCUT2D eigenvalue weighted by Gasteiger charge is -2.26. The van der Waals surface area contributed by atoms with Gasteiger partial charge in [-0.25, -0.2) is 8.42 Å². The summed E-state index contributed by atoms with van der Waals surface area (Å²) in [6.07, 6.45) is 0. The Hall–Kier alpha value is -2.24. The standard InChI is InChI=1S/C20H31N3O7S/c1-15(2)12-21(13-16(3)4)20(24)14-30-19-6-5-17(11-18(19)23(25)26)31(27,28)22-7-9-29-10-8-22/h5-6,11,15-16H,7-10,12-14H2,1-4H3. The van der Waals surface area contributed by atoms with Gasteiger partial charge in [-0.15, -0.1) is 0 Å². The first-order chi connectivity index (χ1) is 14.5. The van der Waals surface area contributed by atoms with Gasteiger partial charge >= 0.3 is 5.69 Å². The van der Waals surface area contributed by atoms with E-state index in [-0.39, 0.29) is 61.3 Å². The molecule has 1 amide bonds. The molecule has 0 bridgehead atoms. The van der Waals surface area contributed by atoms with Crippen molar-refractivity contribution in [3.8, 4) is 5.75 Å². The van der Waals surface area contributed by atoms with E-state index in [2.05, 4.69) is 0 Å². The van der Waals surface area contributed by atoms with E-state index in [1.807, 2.05) is 27.7 Å². The third kappa shape index (κ3) is 6.88. The topological polar surface area (TPSA) is 119 Å². The fraction of sp³-hybridized carbons (Fsp3) is 0.650. The smallest absolute Gasteiger partial charge is 0.312 e. The molecule has 1 fully saturated rings. The molecule has 0 spiro atoms. The number of nitrogens with zero attached hydrogens (tertiary/aromatic N) is 3. The van der Waals surface area contributed by atoms with Gasteiger partial charge in [0.15, 0.2) is 12.4 Å². The molecule has 0 aliphatic carbocycles. The fourth-order valence-electron chi connectivity index (χ4n) is 3.25. The van der Waals surface area contributed by atoms with Crippen LogP contribution in [0.3, 0.4) is 0 Å². The van der Waals surface area contributed by atoms with Crippen molar-refractivity contribution in [1.29, 1.82) is 0 Å². The molecule has 31 heavy (non-hydrogen) atoms. The molecule has 0 saturated carbocycles. The minimum absolute atomic E-state index is 0.145. The zero-order chi connectivity index (χ0) is 23.2. The van der Waals surface area contributed by atoms with Crippen molar-refractivity contribution in [2.75, 3.05) is 46.0 Å². The molecular weight excluding hydrogens is 426 g/mol. The summed E-state index contributed by atoms with van der Waals surface area (Å²) in [6, 6.07) is 3.47. The van der Waals surface area contributed by atoms with Gasteiger partial charge in [-0.2, -0.15) is 4.31 Å². The second kappa shape index (κ2) is 10.9. The quantitative estimate of drug-likeness (QED) is 0.390. The summed E-state index contributed by atoms with van der Waals surface area (Å²) in [4.78, 5) is 24.9. The predicted octanol–water partition coefficient (Wildman–Crippen LogP) is 2.14. The van der Waals surface area contributed by atoms with Crippen LogP contribution in [0.15, 0.2) is 23.1 Å². The molecule has 1 saturated heterocycles. The number of carbonyl (C=O) groups is 1. The van der Waals surface area contributed by atoms with Crippen LogP contribution >= 0.6 is 0 Å². The van der Waals surface area contributed by atoms with E-state index in [4.69, 9.17) is 9.47 Å². The maximum Gasteiger partial charge on any atom is 0.312 e. The van der Waals surface area contributed by atoms with E-state index in [0.717, 1.165) is 6.07 Å². The van der Waals surface area contributed by atoms with Crippen molar-refractivity contribution >= 4 is 21.6 Å². The van der Waals surface area contributed by atoms with E-state index in [1.54, 1.807) is 4.90 Å². The molecule has 0 aromatic heterocycles. The van der Waals surface area contributed by atoms with Crippen LogP contribution in [-0.2, 0) is 19.6 Å². The molecule has 1 heterocycles. The van der Waals surface area contributed by atoms with Crippen molar-refractivity contribution < 1.29 is 27.6 Å². The van der Waals surface area contributed by atoms with Gasteiger partial charge in [0.05, 0.1) is 23.0 Å². The Bertz CT molecular complexity index is 871. The Balaban J connectivity index is 2.19. The predicted molar refractivity (Wildman–Crippen MR) is 114 cm³/mol. The molecule has 174 valence electrons. The van der Waals surface area contributed by atoms with Crippen LogP contribution < -0.4 is 4.74 Å². The fourth-order valence-corrected chi connectivity index (χ4v) is 4.68. The third-order valence-electron chi connectivity index (χ3n) is 4.61. The number of morpholine rings is 1. The first-order valence-electron chi connectivity index (χ1n) is 10.3. The number of hydrogen-bond donors (Lipinski definition) is 0. The summed E-state index contributed by atoms with van der Waals surface area (Å²) >= 11 is 0. The van der Waals surface area contributed by atoms with Crippen LogP contribution in [0.1, 0.15) is 27.7 Å². The zero-order valence-corrected chi connectivity index (χ0v) is 19.3. The molecule has 1 aromatic rings. The Morgan fingerprint density at radius 2 is 1.77 bits per heavy atom. The average Bonchev–Trinajstić information content (AvgIpc) is 2.71. The molecule has 0 atom stereocenters. The molecule has 10 nitrogen and oxygen atoms in total. The molecule has 0 radical (unpaired) electrons. The maximum atomic E-state index is 12.8. The molecular formula is C20H31N3O7S. The van der Waals surface area contributed by atoms with Gasteiger partial charge in [-0.3, -0.25) is 14.9 Å². The molecule has 0 unspecified atom stereocenters. The molecule has 2 rings (SSSR count). The molecule has 11 heteroatoms. The van der Waals surface area contributed by atoms with Gasteiger partial charge in [0.2, 0.25) is 10.0 Å². The first kappa shape index (κ1) is 25.0. The van der Waals surface area contributed by atoms with E-state index in [1.165, 1.54) is 16.4 Å². The van der Waals surface area contributed by atoms with E-state index in [9.17, 15) is 23.3 Å². The summed E-state index contributed by atoms with van der Waals surface area (Å²) in [5.74, 6) is 0.110. The highest BCUT2D eigenvalue weighted by Crippen LogP contribution is 2.31. The lowest BCUT2D eigenvalue weighted by Crippen LogP contribution is -2.40. The van der Waals surface area contributed by atoms with E-state index < -0.39 is 20.6 Å². The minimum Gasteiger partial charge on any atom is -0.477 e. The van der Waals surface area contributed by atoms with Crippen molar-refractivity contribution in [3.05, 3.63) is 28.3 Å². The lowest BCUT2D eigenvalue weighted by atomic mass is 10.1. The highest BCUT2D eigenvalue weighted by Gasteiger charge is 2.29. The molecule has 0 N–H and O–H groups in total. The average molecular weight is 458 g/mol. The summed E-state index contributed by atoms with van der Waals surface area (Å²) in [5, 5.41) is 11.5. The Kier molecular flexibility index (Phi) is 8.78. The monoisotopic (exact) mass is 457 g/mol. The van der Waals surface area contributed by atoms with Gasteiger partial charge in [-0.1, -0.05) is 27.7 Å². The maximum absolute atomic E-state index is 12.8. The number of nitro groups is 1. The second-order valence-electron chi connectivity index (χ2n) is 8.28. The third-order valence-corrected chi connectivity index (χ3v) is 6.50. The van der Waals surface area contributed by atoms with Gasteiger partial charge in [0.25, 0.3) is 5.91 Å². The van der Waals surface area contributed by atoms with Crippen LogP contribution in [0.2, 0.25) is 0 Å². The zero-order valence-electron chi connectivity index (χ0n) is 18.4. The Labute approximate surface area is 183 Å². The summed E-state index contributed by atoms with van der Waals surface area (Å²) in [6.45, 7) is 9.66. The van der Waals surface area contributed by atoms with Crippen molar-refractivity contribution in [2.45, 2.75) is 32.6 Å². The first-order valence-corrected chi connectivity index (χ1v) is 11.7. The summed E-state index contributed by atoms with van der Waals surface area (Å²) < 4.78 is 37.4. The molecule has 1 aromatic carbocycles. The number of carbonyl (C=O) groups excluding carboxylic acids is 1. The van der Waals surface area contributed by atoms with Crippen LogP contribution in [0, 0.1) is 22.0 Å². The van der Waals surface area contributed by atoms with Gasteiger partial charge in [-0.05, 0) is 24.0 Å². The van der Waals surface area contributed by atoms with Crippen molar-refractivity contribution in [2.24, 2.45) is 11.8 Å². The summed E-state index contributed by atoms with van der Waals surface area (Å²) in [7, 11) is -3.89. The number of hydrogen-bond acceptors (Lipinski definition) is 7. The number of sulfonamides is 1. The normalized spacial score (nSPS) is 15.3. The van der Waals surface area contributed by atoms with E-state index >= 15 is 0 Å². The Morgan fingerprint density at radius 3 is 2.29 bits per heavy atom. The van der Waals surface area contributed by atoms with Crippen molar-refractivity contribution in [1.82, 2.24) is 9.21 Å². The Morgan fingerprint density at radius 1 is 1.19 bits per heavy atom.